The number of benzene rings is 3. The van der Waals surface area contributed by atoms with Gasteiger partial charge in [-0.25, -0.2) is 9.59 Å². The average molecular weight is 456 g/mol. The summed E-state index contributed by atoms with van der Waals surface area (Å²) in [6, 6.07) is 25.6. The number of fused-ring (bicyclic) bond motifs is 3. The first kappa shape index (κ1) is 23.3. The van der Waals surface area contributed by atoms with Crippen LogP contribution < -0.4 is 5.32 Å². The highest BCUT2D eigenvalue weighted by molar-refractivity contribution is 5.82. The molecule has 0 radical (unpaired) electrons. The summed E-state index contributed by atoms with van der Waals surface area (Å²) in [4.78, 5) is 24.7. The minimum atomic E-state index is -0.511. The fourth-order valence-corrected chi connectivity index (χ4v) is 4.17. The smallest absolute Gasteiger partial charge is 0.407 e. The number of amides is 1. The number of carbonyl (C=O) groups excluding carboxylic acids is 2. The zero-order valence-corrected chi connectivity index (χ0v) is 19.4. The van der Waals surface area contributed by atoms with Gasteiger partial charge in [0.15, 0.2) is 0 Å². The molecule has 5 heteroatoms. The van der Waals surface area contributed by atoms with E-state index in [0.29, 0.717) is 0 Å². The van der Waals surface area contributed by atoms with E-state index in [2.05, 4.69) is 29.6 Å². The average Bonchev–Trinajstić information content (AvgIpc) is 3.18. The monoisotopic (exact) mass is 455 g/mol. The first-order chi connectivity index (χ1) is 16.5. The second-order valence-corrected chi connectivity index (χ2v) is 8.69. The van der Waals surface area contributed by atoms with Crippen molar-refractivity contribution >= 4 is 12.1 Å². The Morgan fingerprint density at radius 3 is 2.06 bits per heavy atom. The van der Waals surface area contributed by atoms with Gasteiger partial charge in [0.05, 0.1) is 6.04 Å². The molecule has 0 bridgehead atoms. The summed E-state index contributed by atoms with van der Waals surface area (Å²) >= 11 is 0. The normalized spacial score (nSPS) is 13.4. The Bertz CT molecular complexity index is 1120. The van der Waals surface area contributed by atoms with Crippen molar-refractivity contribution in [1.82, 2.24) is 5.32 Å². The lowest BCUT2D eigenvalue weighted by molar-refractivity contribution is -0.139. The van der Waals surface area contributed by atoms with Crippen LogP contribution in [-0.4, -0.2) is 24.7 Å². The molecule has 1 aliphatic rings. The van der Waals surface area contributed by atoms with Crippen LogP contribution in [0.4, 0.5) is 4.79 Å². The highest BCUT2D eigenvalue weighted by atomic mass is 16.5. The third-order valence-electron chi connectivity index (χ3n) is 6.01. The van der Waals surface area contributed by atoms with Gasteiger partial charge in [-0.2, -0.15) is 0 Å². The van der Waals surface area contributed by atoms with Crippen molar-refractivity contribution in [2.75, 3.05) is 6.61 Å². The summed E-state index contributed by atoms with van der Waals surface area (Å²) in [5.41, 5.74) is 5.62. The lowest BCUT2D eigenvalue weighted by Crippen LogP contribution is -2.38. The van der Waals surface area contributed by atoms with Crippen LogP contribution in [0, 0.1) is 5.92 Å². The first-order valence-corrected chi connectivity index (χ1v) is 11.5. The lowest BCUT2D eigenvalue weighted by Gasteiger charge is -2.20. The van der Waals surface area contributed by atoms with Gasteiger partial charge in [-0.05, 0) is 33.7 Å². The fourth-order valence-electron chi connectivity index (χ4n) is 4.17. The number of esters is 1. The minimum Gasteiger partial charge on any atom is -0.458 e. The SMILES string of the molecule is CC(C)[C@H](/C=C/C(=O)OCc1ccccc1)NC(=O)OCC1c2ccccc2-c2ccccc21. The number of nitrogens with one attached hydrogen (secondary N) is 1. The van der Waals surface area contributed by atoms with Gasteiger partial charge >= 0.3 is 12.1 Å². The topological polar surface area (TPSA) is 64.6 Å². The van der Waals surface area contributed by atoms with Crippen LogP contribution in [-0.2, 0) is 20.9 Å². The van der Waals surface area contributed by atoms with E-state index >= 15 is 0 Å². The number of hydrogen-bond donors (Lipinski definition) is 1. The third-order valence-corrected chi connectivity index (χ3v) is 6.01. The maximum absolute atomic E-state index is 12.6. The number of ether oxygens (including phenoxy) is 2. The second kappa shape index (κ2) is 10.8. The van der Waals surface area contributed by atoms with Gasteiger partial charge in [-0.3, -0.25) is 0 Å². The molecular formula is C29H29NO4. The van der Waals surface area contributed by atoms with Crippen LogP contribution in [0.1, 0.15) is 36.5 Å². The molecule has 0 fully saturated rings. The van der Waals surface area contributed by atoms with E-state index < -0.39 is 12.1 Å². The summed E-state index contributed by atoms with van der Waals surface area (Å²) in [5.74, 6) is -0.387. The third kappa shape index (κ3) is 5.54. The zero-order chi connectivity index (χ0) is 23.9. The molecule has 1 N–H and O–H groups in total. The molecule has 0 saturated carbocycles. The summed E-state index contributed by atoms with van der Waals surface area (Å²) in [6.07, 6.45) is 2.50. The Morgan fingerprint density at radius 2 is 1.44 bits per heavy atom. The van der Waals surface area contributed by atoms with Crippen LogP contribution in [0.25, 0.3) is 11.1 Å². The molecule has 0 spiro atoms. The highest BCUT2D eigenvalue weighted by Gasteiger charge is 2.29. The van der Waals surface area contributed by atoms with E-state index in [9.17, 15) is 9.59 Å². The van der Waals surface area contributed by atoms with Crippen LogP contribution >= 0.6 is 0 Å². The summed E-state index contributed by atoms with van der Waals surface area (Å²) in [6.45, 7) is 4.38. The molecular weight excluding hydrogens is 426 g/mol. The molecule has 174 valence electrons. The van der Waals surface area contributed by atoms with Crippen LogP contribution in [0.2, 0.25) is 0 Å². The number of hydrogen-bond acceptors (Lipinski definition) is 4. The van der Waals surface area contributed by atoms with E-state index in [1.54, 1.807) is 6.08 Å². The molecule has 0 heterocycles. The Labute approximate surface area is 200 Å². The molecule has 1 aliphatic carbocycles. The Balaban J connectivity index is 1.33. The van der Waals surface area contributed by atoms with Crippen LogP contribution in [0.15, 0.2) is 91.0 Å². The van der Waals surface area contributed by atoms with Gasteiger partial charge in [-0.1, -0.05) is 98.8 Å². The second-order valence-electron chi connectivity index (χ2n) is 8.69. The van der Waals surface area contributed by atoms with Gasteiger partial charge in [0.25, 0.3) is 0 Å². The van der Waals surface area contributed by atoms with Crippen molar-refractivity contribution in [2.45, 2.75) is 32.4 Å². The first-order valence-electron chi connectivity index (χ1n) is 11.5. The highest BCUT2D eigenvalue weighted by Crippen LogP contribution is 2.44. The quantitative estimate of drug-likeness (QED) is 0.342. The van der Waals surface area contributed by atoms with Gasteiger partial charge in [0.1, 0.15) is 13.2 Å². The summed E-state index contributed by atoms with van der Waals surface area (Å²) in [7, 11) is 0. The van der Waals surface area contributed by atoms with E-state index in [0.717, 1.165) is 16.7 Å². The van der Waals surface area contributed by atoms with Crippen LogP contribution in [0.5, 0.6) is 0 Å². The predicted octanol–water partition coefficient (Wildman–Crippen LogP) is 5.85. The van der Waals surface area contributed by atoms with Crippen molar-refractivity contribution in [3.05, 3.63) is 108 Å². The molecule has 34 heavy (non-hydrogen) atoms. The number of alkyl carbamates (subject to hydrolysis) is 1. The van der Waals surface area contributed by atoms with Crippen molar-refractivity contribution in [3.8, 4) is 11.1 Å². The molecule has 0 aliphatic heterocycles. The Morgan fingerprint density at radius 1 is 0.853 bits per heavy atom. The molecule has 1 atom stereocenters. The molecule has 4 rings (SSSR count). The minimum absolute atomic E-state index is 0.000781. The lowest BCUT2D eigenvalue weighted by atomic mass is 9.98. The Kier molecular flexibility index (Phi) is 7.43. The maximum Gasteiger partial charge on any atom is 0.407 e. The molecule has 3 aromatic rings. The number of carbonyl (C=O) groups is 2. The molecule has 0 aromatic heterocycles. The predicted molar refractivity (Wildman–Crippen MR) is 132 cm³/mol. The summed E-state index contributed by atoms with van der Waals surface area (Å²) in [5, 5.41) is 2.86. The molecule has 0 unspecified atom stereocenters. The van der Waals surface area contributed by atoms with Crippen molar-refractivity contribution in [3.63, 3.8) is 0 Å². The van der Waals surface area contributed by atoms with Gasteiger partial charge in [0.2, 0.25) is 0 Å². The summed E-state index contributed by atoms with van der Waals surface area (Å²) < 4.78 is 10.9. The zero-order valence-electron chi connectivity index (χ0n) is 19.4. The van der Waals surface area contributed by atoms with E-state index in [1.807, 2.05) is 68.4 Å². The largest absolute Gasteiger partial charge is 0.458 e. The molecule has 1 amide bonds. The van der Waals surface area contributed by atoms with Crippen molar-refractivity contribution in [1.29, 1.82) is 0 Å². The van der Waals surface area contributed by atoms with Gasteiger partial charge < -0.3 is 14.8 Å². The molecule has 3 aromatic carbocycles. The van der Waals surface area contributed by atoms with E-state index in [1.165, 1.54) is 17.2 Å². The molecule has 5 nitrogen and oxygen atoms in total. The fraction of sp³-hybridized carbons (Fsp3) is 0.241. The van der Waals surface area contributed by atoms with Crippen LogP contribution in [0.3, 0.4) is 0 Å². The van der Waals surface area contributed by atoms with E-state index in [-0.39, 0.29) is 31.1 Å². The van der Waals surface area contributed by atoms with Gasteiger partial charge in [0, 0.05) is 12.0 Å². The Hall–Kier alpha value is -3.86. The van der Waals surface area contributed by atoms with Gasteiger partial charge in [-0.15, -0.1) is 0 Å². The van der Waals surface area contributed by atoms with Crippen molar-refractivity contribution in [2.24, 2.45) is 5.92 Å². The maximum atomic E-state index is 12.6. The number of rotatable bonds is 8. The van der Waals surface area contributed by atoms with Crippen molar-refractivity contribution < 1.29 is 19.1 Å². The van der Waals surface area contributed by atoms with E-state index in [4.69, 9.17) is 9.47 Å². The molecule has 0 saturated heterocycles. The standard InChI is InChI=1S/C29H29NO4/c1-20(2)27(16-17-28(31)33-18-21-10-4-3-5-11-21)30-29(32)34-19-26-24-14-8-6-12-22(24)23-13-7-9-15-25(23)26/h3-17,20,26-27H,18-19H2,1-2H3,(H,30,32)/b17-16+/t27-/m0/s1.